The summed E-state index contributed by atoms with van der Waals surface area (Å²) < 4.78 is 9.72. The molecule has 1 aromatic heterocycles. The number of thiophene rings is 1. The molecule has 10 heteroatoms. The number of benzene rings is 1. The highest BCUT2D eigenvalue weighted by atomic mass is 32.1. The van der Waals surface area contributed by atoms with E-state index in [0.717, 1.165) is 29.7 Å². The van der Waals surface area contributed by atoms with Crippen molar-refractivity contribution in [1.29, 1.82) is 0 Å². The fourth-order valence-corrected chi connectivity index (χ4v) is 4.38. The molecular weight excluding hydrogens is 422 g/mol. The quantitative estimate of drug-likeness (QED) is 0.306. The highest BCUT2D eigenvalue weighted by Gasteiger charge is 2.29. The lowest BCUT2D eigenvalue weighted by atomic mass is 10.1. The first kappa shape index (κ1) is 22.2. The highest BCUT2D eigenvalue weighted by Crippen LogP contribution is 2.39. The van der Waals surface area contributed by atoms with Gasteiger partial charge in [-0.25, -0.2) is 15.0 Å². The van der Waals surface area contributed by atoms with Crippen molar-refractivity contribution >= 4 is 46.3 Å². The number of ether oxygens (including phenoxy) is 2. The van der Waals surface area contributed by atoms with Crippen LogP contribution in [0.25, 0.3) is 0 Å². The third-order valence-corrected chi connectivity index (χ3v) is 5.75. The third kappa shape index (κ3) is 5.15. The number of aryl methyl sites for hydroxylation is 1. The SMILES string of the molecule is CCOC(=O)c1c(NC(=O)C(=O)NN=Cc2ccc(C(=O)OC)cc2)sc2c1CCC2. The van der Waals surface area contributed by atoms with Crippen LogP contribution in [0.3, 0.4) is 0 Å². The lowest BCUT2D eigenvalue weighted by Crippen LogP contribution is -2.32. The van der Waals surface area contributed by atoms with Crippen LogP contribution in [0.2, 0.25) is 0 Å². The number of hydrogen-bond donors (Lipinski definition) is 2. The number of rotatable bonds is 6. The van der Waals surface area contributed by atoms with E-state index in [1.807, 2.05) is 0 Å². The molecule has 0 unspecified atom stereocenters. The molecule has 2 N–H and O–H groups in total. The van der Waals surface area contributed by atoms with Crippen molar-refractivity contribution < 1.29 is 28.7 Å². The van der Waals surface area contributed by atoms with Gasteiger partial charge in [0.05, 0.1) is 31.1 Å². The first-order valence-electron chi connectivity index (χ1n) is 9.59. The van der Waals surface area contributed by atoms with Crippen LogP contribution in [0.5, 0.6) is 0 Å². The standard InChI is InChI=1S/C21H21N3O6S/c1-3-30-21(28)16-14-5-4-6-15(14)31-19(16)23-17(25)18(26)24-22-11-12-7-9-13(10-8-12)20(27)29-2/h7-11H,3-6H2,1-2H3,(H,23,25)(H,24,26). The van der Waals surface area contributed by atoms with E-state index < -0.39 is 23.8 Å². The molecule has 162 valence electrons. The van der Waals surface area contributed by atoms with E-state index in [0.29, 0.717) is 21.7 Å². The second-order valence-electron chi connectivity index (χ2n) is 6.55. The average Bonchev–Trinajstić information content (AvgIpc) is 3.34. The summed E-state index contributed by atoms with van der Waals surface area (Å²) in [4.78, 5) is 49.1. The molecule has 0 spiro atoms. The molecule has 1 aliphatic rings. The number of esters is 2. The van der Waals surface area contributed by atoms with Gasteiger partial charge in [0.2, 0.25) is 0 Å². The second-order valence-corrected chi connectivity index (χ2v) is 7.65. The summed E-state index contributed by atoms with van der Waals surface area (Å²) >= 11 is 1.29. The lowest BCUT2D eigenvalue weighted by molar-refractivity contribution is -0.136. The third-order valence-electron chi connectivity index (χ3n) is 4.55. The van der Waals surface area contributed by atoms with Crippen molar-refractivity contribution in [2.24, 2.45) is 5.10 Å². The molecule has 0 fully saturated rings. The topological polar surface area (TPSA) is 123 Å². The number of nitrogens with one attached hydrogen (secondary N) is 2. The van der Waals surface area contributed by atoms with Gasteiger partial charge < -0.3 is 14.8 Å². The zero-order valence-electron chi connectivity index (χ0n) is 17.0. The maximum atomic E-state index is 12.3. The summed E-state index contributed by atoms with van der Waals surface area (Å²) in [5, 5.41) is 6.55. The number of anilines is 1. The summed E-state index contributed by atoms with van der Waals surface area (Å²) in [7, 11) is 1.29. The minimum Gasteiger partial charge on any atom is -0.465 e. The molecule has 2 aromatic rings. The van der Waals surface area contributed by atoms with Crippen molar-refractivity contribution in [1.82, 2.24) is 5.43 Å². The Morgan fingerprint density at radius 1 is 1.10 bits per heavy atom. The average molecular weight is 443 g/mol. The highest BCUT2D eigenvalue weighted by molar-refractivity contribution is 7.17. The predicted octanol–water partition coefficient (Wildman–Crippen LogP) is 2.29. The van der Waals surface area contributed by atoms with E-state index in [-0.39, 0.29) is 6.61 Å². The smallest absolute Gasteiger partial charge is 0.341 e. The van der Waals surface area contributed by atoms with E-state index in [1.54, 1.807) is 31.2 Å². The Morgan fingerprint density at radius 3 is 2.52 bits per heavy atom. The Kier molecular flexibility index (Phi) is 7.14. The normalized spacial score (nSPS) is 12.3. The first-order valence-corrected chi connectivity index (χ1v) is 10.4. The summed E-state index contributed by atoms with van der Waals surface area (Å²) in [6.45, 7) is 1.92. The van der Waals surface area contributed by atoms with Gasteiger partial charge in [-0.1, -0.05) is 12.1 Å². The Morgan fingerprint density at radius 2 is 1.84 bits per heavy atom. The number of nitrogens with zero attached hydrogens (tertiary/aromatic N) is 1. The van der Waals surface area contributed by atoms with E-state index in [9.17, 15) is 19.2 Å². The zero-order chi connectivity index (χ0) is 22.4. The number of carbonyl (C=O) groups excluding carboxylic acids is 4. The van der Waals surface area contributed by atoms with Crippen molar-refractivity contribution in [3.05, 3.63) is 51.4 Å². The molecule has 3 rings (SSSR count). The van der Waals surface area contributed by atoms with Gasteiger partial charge in [-0.15, -0.1) is 11.3 Å². The number of hydrazone groups is 1. The maximum Gasteiger partial charge on any atom is 0.341 e. The van der Waals surface area contributed by atoms with Crippen LogP contribution in [-0.4, -0.2) is 43.7 Å². The number of hydrogen-bond acceptors (Lipinski definition) is 8. The molecule has 31 heavy (non-hydrogen) atoms. The van der Waals surface area contributed by atoms with Gasteiger partial charge in [-0.3, -0.25) is 9.59 Å². The van der Waals surface area contributed by atoms with Crippen molar-refractivity contribution in [2.75, 3.05) is 19.0 Å². The number of fused-ring (bicyclic) bond motifs is 1. The van der Waals surface area contributed by atoms with Crippen LogP contribution in [0.4, 0.5) is 5.00 Å². The molecule has 0 atom stereocenters. The molecular formula is C21H21N3O6S. The number of methoxy groups -OCH3 is 1. The molecule has 2 amide bonds. The maximum absolute atomic E-state index is 12.3. The van der Waals surface area contributed by atoms with Crippen LogP contribution < -0.4 is 10.7 Å². The molecule has 0 radical (unpaired) electrons. The minimum atomic E-state index is -0.981. The number of carbonyl (C=O) groups is 4. The van der Waals surface area contributed by atoms with Crippen LogP contribution in [0.1, 0.15) is 50.1 Å². The van der Waals surface area contributed by atoms with Gasteiger partial charge in [0, 0.05) is 4.88 Å². The van der Waals surface area contributed by atoms with Crippen LogP contribution in [-0.2, 0) is 31.9 Å². The zero-order valence-corrected chi connectivity index (χ0v) is 17.8. The molecule has 1 heterocycles. The molecule has 0 saturated heterocycles. The predicted molar refractivity (Wildman–Crippen MR) is 114 cm³/mol. The largest absolute Gasteiger partial charge is 0.465 e. The molecule has 0 saturated carbocycles. The molecule has 1 aromatic carbocycles. The Hall–Kier alpha value is -3.53. The van der Waals surface area contributed by atoms with E-state index in [4.69, 9.17) is 4.74 Å². The van der Waals surface area contributed by atoms with Crippen LogP contribution >= 0.6 is 11.3 Å². The monoisotopic (exact) mass is 443 g/mol. The minimum absolute atomic E-state index is 0.215. The van der Waals surface area contributed by atoms with E-state index >= 15 is 0 Å². The van der Waals surface area contributed by atoms with E-state index in [2.05, 4.69) is 20.6 Å². The Bertz CT molecular complexity index is 1040. The van der Waals surface area contributed by atoms with E-state index in [1.165, 1.54) is 24.7 Å². The fraction of sp³-hybridized carbons (Fsp3) is 0.286. The van der Waals surface area contributed by atoms with Gasteiger partial charge in [-0.05, 0) is 49.4 Å². The van der Waals surface area contributed by atoms with Gasteiger partial charge in [0.15, 0.2) is 0 Å². The van der Waals surface area contributed by atoms with Gasteiger partial charge in [0.25, 0.3) is 0 Å². The van der Waals surface area contributed by atoms with Gasteiger partial charge in [-0.2, -0.15) is 5.10 Å². The molecule has 0 bridgehead atoms. The Labute approximate surface area is 182 Å². The Balaban J connectivity index is 1.62. The summed E-state index contributed by atoms with van der Waals surface area (Å²) in [5.74, 6) is -2.89. The molecule has 0 aliphatic heterocycles. The van der Waals surface area contributed by atoms with Crippen molar-refractivity contribution in [2.45, 2.75) is 26.2 Å². The summed E-state index contributed by atoms with van der Waals surface area (Å²) in [6.07, 6.45) is 3.84. The van der Waals surface area contributed by atoms with Gasteiger partial charge >= 0.3 is 23.8 Å². The van der Waals surface area contributed by atoms with Gasteiger partial charge in [0.1, 0.15) is 5.00 Å². The van der Waals surface area contributed by atoms with Crippen LogP contribution in [0, 0.1) is 0 Å². The molecule has 9 nitrogen and oxygen atoms in total. The van der Waals surface area contributed by atoms with Crippen LogP contribution in [0.15, 0.2) is 29.4 Å². The molecule has 1 aliphatic carbocycles. The first-order chi connectivity index (χ1) is 14.9. The number of amides is 2. The summed E-state index contributed by atoms with van der Waals surface area (Å²) in [6, 6.07) is 6.32. The van der Waals surface area contributed by atoms with Crippen molar-refractivity contribution in [3.63, 3.8) is 0 Å². The lowest BCUT2D eigenvalue weighted by Gasteiger charge is -2.07. The summed E-state index contributed by atoms with van der Waals surface area (Å²) in [5.41, 5.74) is 4.33. The fourth-order valence-electron chi connectivity index (χ4n) is 3.11. The van der Waals surface area contributed by atoms with Crippen molar-refractivity contribution in [3.8, 4) is 0 Å². The second kappa shape index (κ2) is 9.98.